The predicted molar refractivity (Wildman–Crippen MR) is 82.2 cm³/mol. The molecule has 0 radical (unpaired) electrons. The van der Waals surface area contributed by atoms with E-state index in [1.165, 1.54) is 44.9 Å². The van der Waals surface area contributed by atoms with Crippen molar-refractivity contribution < 1.29 is 9.47 Å². The summed E-state index contributed by atoms with van der Waals surface area (Å²) in [7, 11) is 3.47. The lowest BCUT2D eigenvalue weighted by Crippen LogP contribution is -2.39. The number of nitrogens with two attached hydrogens (primary N) is 1. The Bertz CT molecular complexity index is 193. The molecule has 19 heavy (non-hydrogen) atoms. The summed E-state index contributed by atoms with van der Waals surface area (Å²) >= 11 is 0. The number of ether oxygens (including phenoxy) is 2. The molecule has 0 aromatic rings. The van der Waals surface area contributed by atoms with Crippen molar-refractivity contribution in [3.63, 3.8) is 0 Å². The summed E-state index contributed by atoms with van der Waals surface area (Å²) in [5.41, 5.74) is 5.63. The van der Waals surface area contributed by atoms with Crippen LogP contribution in [0.15, 0.2) is 0 Å². The van der Waals surface area contributed by atoms with Gasteiger partial charge >= 0.3 is 0 Å². The number of unbranched alkanes of at least 4 members (excludes halogenated alkanes) is 5. The molecule has 3 nitrogen and oxygen atoms in total. The standard InChI is InChI=1S/C16H35NO2/c1-5-6-7-8-9-10-12-15(13-11-14-17)16(2,18-3)19-4/h15H,5-14,17H2,1-4H3/t15-/m1/s1. The van der Waals surface area contributed by atoms with Gasteiger partial charge in [-0.1, -0.05) is 45.4 Å². The lowest BCUT2D eigenvalue weighted by Gasteiger charge is -2.35. The van der Waals surface area contributed by atoms with Gasteiger partial charge in [-0.25, -0.2) is 0 Å². The van der Waals surface area contributed by atoms with Crippen molar-refractivity contribution in [3.8, 4) is 0 Å². The highest BCUT2D eigenvalue weighted by Gasteiger charge is 2.33. The Morgan fingerprint density at radius 3 is 1.95 bits per heavy atom. The maximum atomic E-state index is 5.63. The Morgan fingerprint density at radius 2 is 1.42 bits per heavy atom. The molecular weight excluding hydrogens is 238 g/mol. The van der Waals surface area contributed by atoms with Crippen LogP contribution in [0.5, 0.6) is 0 Å². The van der Waals surface area contributed by atoms with Gasteiger partial charge in [-0.3, -0.25) is 0 Å². The first-order valence-corrected chi connectivity index (χ1v) is 7.95. The van der Waals surface area contributed by atoms with Gasteiger partial charge in [-0.05, 0) is 32.7 Å². The molecule has 2 N–H and O–H groups in total. The van der Waals surface area contributed by atoms with Crippen LogP contribution in [-0.2, 0) is 9.47 Å². The molecule has 116 valence electrons. The first-order chi connectivity index (χ1) is 9.14. The van der Waals surface area contributed by atoms with E-state index in [4.69, 9.17) is 15.2 Å². The molecule has 0 bridgehead atoms. The van der Waals surface area contributed by atoms with Crippen LogP contribution in [0.2, 0.25) is 0 Å². The molecule has 3 heteroatoms. The maximum absolute atomic E-state index is 5.63. The molecule has 0 fully saturated rings. The summed E-state index contributed by atoms with van der Waals surface area (Å²) in [4.78, 5) is 0. The third-order valence-electron chi connectivity index (χ3n) is 4.22. The first-order valence-electron chi connectivity index (χ1n) is 7.95. The lowest BCUT2D eigenvalue weighted by molar-refractivity contribution is -0.230. The number of hydrogen-bond donors (Lipinski definition) is 1. The van der Waals surface area contributed by atoms with Gasteiger partial charge in [-0.15, -0.1) is 0 Å². The van der Waals surface area contributed by atoms with Crippen LogP contribution < -0.4 is 5.73 Å². The second-order valence-electron chi connectivity index (χ2n) is 5.61. The van der Waals surface area contributed by atoms with Gasteiger partial charge in [0.2, 0.25) is 0 Å². The van der Waals surface area contributed by atoms with Crippen LogP contribution in [0.1, 0.15) is 71.6 Å². The highest BCUT2D eigenvalue weighted by atomic mass is 16.7. The van der Waals surface area contributed by atoms with Crippen molar-refractivity contribution in [1.29, 1.82) is 0 Å². The largest absolute Gasteiger partial charge is 0.353 e. The van der Waals surface area contributed by atoms with Gasteiger partial charge in [0.1, 0.15) is 0 Å². The summed E-state index contributed by atoms with van der Waals surface area (Å²) in [6, 6.07) is 0. The zero-order chi connectivity index (χ0) is 14.6. The average Bonchev–Trinajstić information content (AvgIpc) is 2.45. The zero-order valence-corrected chi connectivity index (χ0v) is 13.5. The SMILES string of the molecule is CCCCCCCC[C@H](CCCN)C(C)(OC)OC. The van der Waals surface area contributed by atoms with E-state index in [0.29, 0.717) is 5.92 Å². The molecular formula is C16H35NO2. The molecule has 0 aromatic heterocycles. The van der Waals surface area contributed by atoms with E-state index in [2.05, 4.69) is 6.92 Å². The quantitative estimate of drug-likeness (QED) is 0.406. The molecule has 0 aromatic carbocycles. The van der Waals surface area contributed by atoms with E-state index in [1.807, 2.05) is 6.92 Å². The predicted octanol–water partition coefficient (Wildman–Crippen LogP) is 4.10. The van der Waals surface area contributed by atoms with Crippen molar-refractivity contribution >= 4 is 0 Å². The smallest absolute Gasteiger partial charge is 0.167 e. The van der Waals surface area contributed by atoms with E-state index in [0.717, 1.165) is 19.4 Å². The number of rotatable bonds is 13. The molecule has 1 atom stereocenters. The highest BCUT2D eigenvalue weighted by Crippen LogP contribution is 2.31. The van der Waals surface area contributed by atoms with E-state index < -0.39 is 5.79 Å². The molecule has 0 saturated heterocycles. The summed E-state index contributed by atoms with van der Waals surface area (Å²) in [6.45, 7) is 5.05. The molecule has 0 aliphatic carbocycles. The van der Waals surface area contributed by atoms with E-state index in [1.54, 1.807) is 14.2 Å². The minimum Gasteiger partial charge on any atom is -0.353 e. The third kappa shape index (κ3) is 7.91. The Balaban J connectivity index is 4.05. The van der Waals surface area contributed by atoms with Crippen LogP contribution in [-0.4, -0.2) is 26.6 Å². The van der Waals surface area contributed by atoms with E-state index in [-0.39, 0.29) is 0 Å². The van der Waals surface area contributed by atoms with Crippen LogP contribution in [0.4, 0.5) is 0 Å². The van der Waals surface area contributed by atoms with E-state index >= 15 is 0 Å². The Kier molecular flexibility index (Phi) is 11.6. The van der Waals surface area contributed by atoms with Gasteiger partial charge in [-0.2, -0.15) is 0 Å². The topological polar surface area (TPSA) is 44.5 Å². The average molecular weight is 273 g/mol. The molecule has 0 aliphatic heterocycles. The van der Waals surface area contributed by atoms with Gasteiger partial charge < -0.3 is 15.2 Å². The van der Waals surface area contributed by atoms with Gasteiger partial charge in [0.15, 0.2) is 5.79 Å². The summed E-state index contributed by atoms with van der Waals surface area (Å²) in [5.74, 6) is -0.0179. The highest BCUT2D eigenvalue weighted by molar-refractivity contribution is 4.75. The maximum Gasteiger partial charge on any atom is 0.167 e. The van der Waals surface area contributed by atoms with Gasteiger partial charge in [0.05, 0.1) is 0 Å². The summed E-state index contributed by atoms with van der Waals surface area (Å²) in [6.07, 6.45) is 11.3. The number of hydrogen-bond acceptors (Lipinski definition) is 3. The molecule has 0 aliphatic rings. The minimum atomic E-state index is -0.460. The fourth-order valence-corrected chi connectivity index (χ4v) is 2.62. The van der Waals surface area contributed by atoms with Crippen molar-refractivity contribution in [1.82, 2.24) is 0 Å². The van der Waals surface area contributed by atoms with Crippen molar-refractivity contribution in [2.45, 2.75) is 77.4 Å². The van der Waals surface area contributed by atoms with E-state index in [9.17, 15) is 0 Å². The Morgan fingerprint density at radius 1 is 0.895 bits per heavy atom. The molecule has 0 saturated carbocycles. The summed E-state index contributed by atoms with van der Waals surface area (Å²) in [5, 5.41) is 0. The third-order valence-corrected chi connectivity index (χ3v) is 4.22. The minimum absolute atomic E-state index is 0.442. The summed E-state index contributed by atoms with van der Waals surface area (Å²) < 4.78 is 11.2. The molecule has 0 rings (SSSR count). The number of methoxy groups -OCH3 is 2. The molecule has 0 unspecified atom stereocenters. The molecule has 0 heterocycles. The monoisotopic (exact) mass is 273 g/mol. The van der Waals surface area contributed by atoms with Crippen LogP contribution in [0.3, 0.4) is 0 Å². The molecule has 0 spiro atoms. The fraction of sp³-hybridized carbons (Fsp3) is 1.00. The zero-order valence-electron chi connectivity index (χ0n) is 13.5. The van der Waals surface area contributed by atoms with Crippen molar-refractivity contribution in [3.05, 3.63) is 0 Å². The Hall–Kier alpha value is -0.120. The van der Waals surface area contributed by atoms with Crippen LogP contribution >= 0.6 is 0 Å². The van der Waals surface area contributed by atoms with Gasteiger partial charge in [0.25, 0.3) is 0 Å². The normalized spacial score (nSPS) is 13.7. The molecule has 0 amide bonds. The van der Waals surface area contributed by atoms with Gasteiger partial charge in [0, 0.05) is 20.1 Å². The lowest BCUT2D eigenvalue weighted by atomic mass is 9.88. The second-order valence-corrected chi connectivity index (χ2v) is 5.61. The van der Waals surface area contributed by atoms with Crippen molar-refractivity contribution in [2.24, 2.45) is 11.7 Å². The van der Waals surface area contributed by atoms with Crippen LogP contribution in [0, 0.1) is 5.92 Å². The second kappa shape index (κ2) is 11.7. The first kappa shape index (κ1) is 18.9. The fourth-order valence-electron chi connectivity index (χ4n) is 2.62. The Labute approximate surface area is 120 Å². The van der Waals surface area contributed by atoms with Crippen LogP contribution in [0.25, 0.3) is 0 Å². The van der Waals surface area contributed by atoms with Crippen molar-refractivity contribution in [2.75, 3.05) is 20.8 Å².